The highest BCUT2D eigenvalue weighted by Gasteiger charge is 2.26. The lowest BCUT2D eigenvalue weighted by atomic mass is 9.87. The Morgan fingerprint density at radius 3 is 2.33 bits per heavy atom. The summed E-state index contributed by atoms with van der Waals surface area (Å²) in [6.07, 6.45) is -0.857. The van der Waals surface area contributed by atoms with Crippen LogP contribution in [0.5, 0.6) is 0 Å². The lowest BCUT2D eigenvalue weighted by molar-refractivity contribution is -0.124. The van der Waals surface area contributed by atoms with Crippen molar-refractivity contribution in [3.8, 4) is 0 Å². The summed E-state index contributed by atoms with van der Waals surface area (Å²) in [7, 11) is 0. The molecule has 0 rings (SSSR count). The number of ether oxygens (including phenoxy) is 1. The van der Waals surface area contributed by atoms with Gasteiger partial charge in [-0.25, -0.2) is 4.79 Å². The molecule has 0 aromatic rings. The first-order valence-corrected chi connectivity index (χ1v) is 4.70. The molecule has 0 spiro atoms. The van der Waals surface area contributed by atoms with Crippen LogP contribution < -0.4 is 16.8 Å². The molecule has 0 aliphatic rings. The van der Waals surface area contributed by atoms with Crippen molar-refractivity contribution >= 4 is 12.0 Å². The van der Waals surface area contributed by atoms with E-state index in [2.05, 4.69) is 10.1 Å². The monoisotopic (exact) mass is 217 g/mol. The number of carbonyl (C=O) groups is 2. The fraction of sp³-hybridized carbons (Fsp3) is 0.778. The molecule has 2 amide bonds. The smallest absolute Gasteiger partial charge is 0.404 e. The van der Waals surface area contributed by atoms with Crippen LogP contribution in [0.25, 0.3) is 0 Å². The molecular formula is C9H19N3O3. The second kappa shape index (κ2) is 5.55. The first kappa shape index (κ1) is 13.7. The van der Waals surface area contributed by atoms with Crippen molar-refractivity contribution in [3.05, 3.63) is 0 Å². The average Bonchev–Trinajstić information content (AvgIpc) is 2.09. The summed E-state index contributed by atoms with van der Waals surface area (Å²) in [5.74, 6) is -0.268. The van der Waals surface area contributed by atoms with E-state index in [4.69, 9.17) is 11.5 Å². The van der Waals surface area contributed by atoms with Crippen LogP contribution in [0.15, 0.2) is 0 Å². The Morgan fingerprint density at radius 2 is 1.93 bits per heavy atom. The third-order valence-corrected chi connectivity index (χ3v) is 1.86. The van der Waals surface area contributed by atoms with E-state index in [1.165, 1.54) is 0 Å². The Balaban J connectivity index is 3.80. The third-order valence-electron chi connectivity index (χ3n) is 1.86. The number of carbonyl (C=O) groups excluding carboxylic acids is 2. The number of hydrogen-bond acceptors (Lipinski definition) is 4. The lowest BCUT2D eigenvalue weighted by Crippen LogP contribution is -2.49. The first-order chi connectivity index (χ1) is 6.75. The highest BCUT2D eigenvalue weighted by atomic mass is 16.5. The van der Waals surface area contributed by atoms with Gasteiger partial charge < -0.3 is 21.5 Å². The zero-order valence-electron chi connectivity index (χ0n) is 9.37. The van der Waals surface area contributed by atoms with E-state index >= 15 is 0 Å². The number of nitrogens with one attached hydrogen (secondary N) is 1. The fourth-order valence-corrected chi connectivity index (χ4v) is 0.829. The van der Waals surface area contributed by atoms with Crippen LogP contribution in [0.3, 0.4) is 0 Å². The van der Waals surface area contributed by atoms with E-state index in [0.29, 0.717) is 0 Å². The van der Waals surface area contributed by atoms with Gasteiger partial charge in [0.2, 0.25) is 5.91 Å². The quantitative estimate of drug-likeness (QED) is 0.555. The molecule has 1 unspecified atom stereocenters. The van der Waals surface area contributed by atoms with E-state index in [9.17, 15) is 9.59 Å². The largest absolute Gasteiger partial charge is 0.448 e. The molecule has 6 nitrogen and oxygen atoms in total. The Bertz CT molecular complexity index is 235. The standard InChI is InChI=1S/C9H19N3O3/c1-9(2,3)6(10)7(13)12-4-5-15-8(11)14/h6H,4-5,10H2,1-3H3,(H2,11,14)(H,12,13). The van der Waals surface area contributed by atoms with Crippen LogP contribution in [-0.2, 0) is 9.53 Å². The van der Waals surface area contributed by atoms with Crippen molar-refractivity contribution in [1.82, 2.24) is 5.32 Å². The molecule has 5 N–H and O–H groups in total. The van der Waals surface area contributed by atoms with Gasteiger partial charge >= 0.3 is 6.09 Å². The zero-order valence-corrected chi connectivity index (χ0v) is 9.37. The molecule has 6 heteroatoms. The lowest BCUT2D eigenvalue weighted by Gasteiger charge is -2.25. The van der Waals surface area contributed by atoms with E-state index in [1.54, 1.807) is 0 Å². The van der Waals surface area contributed by atoms with E-state index < -0.39 is 12.1 Å². The van der Waals surface area contributed by atoms with E-state index in [-0.39, 0.29) is 24.5 Å². The maximum absolute atomic E-state index is 11.4. The topological polar surface area (TPSA) is 107 Å². The summed E-state index contributed by atoms with van der Waals surface area (Å²) < 4.78 is 4.44. The summed E-state index contributed by atoms with van der Waals surface area (Å²) in [5.41, 5.74) is 10.1. The molecule has 0 aromatic heterocycles. The molecule has 88 valence electrons. The molecule has 1 atom stereocenters. The Kier molecular flexibility index (Phi) is 5.07. The maximum Gasteiger partial charge on any atom is 0.404 e. The number of primary amides is 1. The number of hydrogen-bond donors (Lipinski definition) is 3. The molecule has 0 heterocycles. The summed E-state index contributed by atoms with van der Waals surface area (Å²) in [5, 5.41) is 2.55. The minimum absolute atomic E-state index is 0.0535. The van der Waals surface area contributed by atoms with Crippen LogP contribution in [0.2, 0.25) is 0 Å². The van der Waals surface area contributed by atoms with Crippen LogP contribution in [-0.4, -0.2) is 31.2 Å². The summed E-state index contributed by atoms with van der Waals surface area (Å²) >= 11 is 0. The molecule has 0 aromatic carbocycles. The van der Waals surface area contributed by atoms with Crippen molar-refractivity contribution in [3.63, 3.8) is 0 Å². The fourth-order valence-electron chi connectivity index (χ4n) is 0.829. The molecule has 0 aliphatic carbocycles. The maximum atomic E-state index is 11.4. The minimum atomic E-state index is -0.857. The zero-order chi connectivity index (χ0) is 12.1. The van der Waals surface area contributed by atoms with Gasteiger partial charge in [0.05, 0.1) is 12.6 Å². The van der Waals surface area contributed by atoms with Gasteiger partial charge in [-0.05, 0) is 5.41 Å². The van der Waals surface area contributed by atoms with Gasteiger partial charge in [-0.15, -0.1) is 0 Å². The van der Waals surface area contributed by atoms with Gasteiger partial charge in [-0.3, -0.25) is 4.79 Å². The Labute approximate surface area is 89.3 Å². The highest BCUT2D eigenvalue weighted by Crippen LogP contribution is 2.16. The van der Waals surface area contributed by atoms with Crippen molar-refractivity contribution in [1.29, 1.82) is 0 Å². The van der Waals surface area contributed by atoms with Crippen LogP contribution in [0, 0.1) is 5.41 Å². The third kappa shape index (κ3) is 5.90. The molecule has 0 aliphatic heterocycles. The molecule has 0 fully saturated rings. The van der Waals surface area contributed by atoms with Gasteiger partial charge in [0.25, 0.3) is 0 Å². The van der Waals surface area contributed by atoms with Crippen LogP contribution >= 0.6 is 0 Å². The van der Waals surface area contributed by atoms with Crippen LogP contribution in [0.1, 0.15) is 20.8 Å². The number of rotatable bonds is 4. The Morgan fingerprint density at radius 1 is 1.40 bits per heavy atom. The second-order valence-electron chi connectivity index (χ2n) is 4.30. The van der Waals surface area contributed by atoms with Gasteiger partial charge in [0, 0.05) is 0 Å². The van der Waals surface area contributed by atoms with Crippen LogP contribution in [0.4, 0.5) is 4.79 Å². The Hall–Kier alpha value is -1.30. The van der Waals surface area contributed by atoms with Crippen molar-refractivity contribution in [2.24, 2.45) is 16.9 Å². The van der Waals surface area contributed by atoms with Crippen molar-refractivity contribution < 1.29 is 14.3 Å². The summed E-state index contributed by atoms with van der Waals surface area (Å²) in [6, 6.07) is -0.592. The average molecular weight is 217 g/mol. The van der Waals surface area contributed by atoms with Gasteiger partial charge in [0.15, 0.2) is 0 Å². The van der Waals surface area contributed by atoms with Crippen molar-refractivity contribution in [2.75, 3.05) is 13.2 Å². The van der Waals surface area contributed by atoms with Crippen molar-refractivity contribution in [2.45, 2.75) is 26.8 Å². The van der Waals surface area contributed by atoms with E-state index in [0.717, 1.165) is 0 Å². The summed E-state index contributed by atoms with van der Waals surface area (Å²) in [4.78, 5) is 21.6. The van der Waals surface area contributed by atoms with Gasteiger partial charge in [0.1, 0.15) is 6.61 Å². The number of nitrogens with two attached hydrogens (primary N) is 2. The molecule has 0 saturated carbocycles. The second-order valence-corrected chi connectivity index (χ2v) is 4.30. The molecule has 0 radical (unpaired) electrons. The normalized spacial score (nSPS) is 13.1. The van der Waals surface area contributed by atoms with Gasteiger partial charge in [-0.2, -0.15) is 0 Å². The SMILES string of the molecule is CC(C)(C)C(N)C(=O)NCCOC(N)=O. The predicted molar refractivity (Wildman–Crippen MR) is 56.0 cm³/mol. The van der Waals surface area contributed by atoms with Gasteiger partial charge in [-0.1, -0.05) is 20.8 Å². The molecular weight excluding hydrogens is 198 g/mol. The molecule has 0 bridgehead atoms. The molecule has 15 heavy (non-hydrogen) atoms. The first-order valence-electron chi connectivity index (χ1n) is 4.70. The highest BCUT2D eigenvalue weighted by molar-refractivity contribution is 5.82. The molecule has 0 saturated heterocycles. The number of amides is 2. The predicted octanol–water partition coefficient (Wildman–Crippen LogP) is -0.429. The van der Waals surface area contributed by atoms with E-state index in [1.807, 2.05) is 20.8 Å². The summed E-state index contributed by atoms with van der Waals surface area (Å²) in [6.45, 7) is 5.88. The minimum Gasteiger partial charge on any atom is -0.448 e.